The lowest BCUT2D eigenvalue weighted by Crippen LogP contribution is -1.90. The van der Waals surface area contributed by atoms with E-state index < -0.39 is 0 Å². The second-order valence-corrected chi connectivity index (χ2v) is 4.82. The second kappa shape index (κ2) is 5.70. The summed E-state index contributed by atoms with van der Waals surface area (Å²) in [6, 6.07) is 10.4. The van der Waals surface area contributed by atoms with E-state index in [-0.39, 0.29) is 0 Å². The van der Waals surface area contributed by atoms with Crippen LogP contribution in [0.4, 0.5) is 5.69 Å². The molecule has 0 aliphatic rings. The Bertz CT molecular complexity index is 572. The summed E-state index contributed by atoms with van der Waals surface area (Å²) in [4.78, 5) is 0. The molecule has 0 bridgehead atoms. The lowest BCUT2D eigenvalue weighted by Gasteiger charge is -2.10. The molecule has 2 rings (SSSR count). The van der Waals surface area contributed by atoms with Gasteiger partial charge in [0.25, 0.3) is 0 Å². The lowest BCUT2D eigenvalue weighted by atomic mass is 10.3. The minimum Gasteiger partial charge on any atom is -0.454 e. The lowest BCUT2D eigenvalue weighted by molar-refractivity contribution is 0.483. The normalized spacial score (nSPS) is 10.2. The summed E-state index contributed by atoms with van der Waals surface area (Å²) in [6.45, 7) is 0. The van der Waals surface area contributed by atoms with E-state index in [1.54, 1.807) is 30.3 Å². The molecular formula is C13H10Cl3NO. The van der Waals surface area contributed by atoms with Crippen LogP contribution in [0.1, 0.15) is 0 Å². The van der Waals surface area contributed by atoms with Gasteiger partial charge in [-0.3, -0.25) is 0 Å². The number of ether oxygens (including phenoxy) is 1. The van der Waals surface area contributed by atoms with Crippen LogP contribution < -0.4 is 10.1 Å². The Hall–Kier alpha value is -1.09. The fraction of sp³-hybridized carbons (Fsp3) is 0.0769. The van der Waals surface area contributed by atoms with Crippen molar-refractivity contribution in [3.63, 3.8) is 0 Å². The third-order valence-corrected chi connectivity index (χ3v) is 3.16. The smallest absolute Gasteiger partial charge is 0.146 e. The van der Waals surface area contributed by atoms with E-state index >= 15 is 0 Å². The van der Waals surface area contributed by atoms with Crippen LogP contribution in [0.15, 0.2) is 36.4 Å². The summed E-state index contributed by atoms with van der Waals surface area (Å²) >= 11 is 17.9. The Balaban J connectivity index is 2.28. The number of nitrogens with one attached hydrogen (secondary N) is 1. The van der Waals surface area contributed by atoms with Gasteiger partial charge in [0.1, 0.15) is 11.5 Å². The SMILES string of the molecule is CNc1ccc(Oc2ccc(Cl)cc2Cl)c(Cl)c1. The Labute approximate surface area is 120 Å². The predicted octanol–water partition coefficient (Wildman–Crippen LogP) is 5.48. The van der Waals surface area contributed by atoms with Crippen LogP contribution in [0.3, 0.4) is 0 Å². The second-order valence-electron chi connectivity index (χ2n) is 3.57. The Morgan fingerprint density at radius 2 is 1.50 bits per heavy atom. The Morgan fingerprint density at radius 1 is 0.889 bits per heavy atom. The molecule has 0 aliphatic heterocycles. The van der Waals surface area contributed by atoms with E-state index in [2.05, 4.69) is 5.32 Å². The van der Waals surface area contributed by atoms with Crippen LogP contribution in [-0.2, 0) is 0 Å². The van der Waals surface area contributed by atoms with Crippen LogP contribution in [0, 0.1) is 0 Å². The van der Waals surface area contributed by atoms with Gasteiger partial charge in [0.2, 0.25) is 0 Å². The van der Waals surface area contributed by atoms with Crippen molar-refractivity contribution < 1.29 is 4.74 Å². The summed E-state index contributed by atoms with van der Waals surface area (Å²) in [5.74, 6) is 1.06. The molecule has 2 aromatic carbocycles. The van der Waals surface area contributed by atoms with E-state index in [0.717, 1.165) is 5.69 Å². The zero-order valence-corrected chi connectivity index (χ0v) is 11.8. The average Bonchev–Trinajstić information content (AvgIpc) is 2.34. The highest BCUT2D eigenvalue weighted by atomic mass is 35.5. The summed E-state index contributed by atoms with van der Waals surface area (Å²) in [5.41, 5.74) is 0.912. The number of benzene rings is 2. The number of rotatable bonds is 3. The molecule has 0 unspecified atom stereocenters. The molecule has 0 fully saturated rings. The van der Waals surface area contributed by atoms with Crippen LogP contribution in [0.25, 0.3) is 0 Å². The summed E-state index contributed by atoms with van der Waals surface area (Å²) in [6.07, 6.45) is 0. The monoisotopic (exact) mass is 301 g/mol. The van der Waals surface area contributed by atoms with Crippen LogP contribution >= 0.6 is 34.8 Å². The van der Waals surface area contributed by atoms with Gasteiger partial charge >= 0.3 is 0 Å². The number of halogens is 3. The molecule has 0 aliphatic carbocycles. The quantitative estimate of drug-likeness (QED) is 0.810. The molecule has 0 aromatic heterocycles. The van der Waals surface area contributed by atoms with Gasteiger partial charge in [0.05, 0.1) is 10.0 Å². The highest BCUT2D eigenvalue weighted by molar-refractivity contribution is 6.35. The standard InChI is InChI=1S/C13H10Cl3NO/c1-17-9-3-5-13(11(16)7-9)18-12-4-2-8(14)6-10(12)15/h2-7,17H,1H3. The molecule has 2 nitrogen and oxygen atoms in total. The number of hydrogen-bond acceptors (Lipinski definition) is 2. The van der Waals surface area contributed by atoms with E-state index in [1.165, 1.54) is 0 Å². The van der Waals surface area contributed by atoms with Gasteiger partial charge in [-0.15, -0.1) is 0 Å². The average molecular weight is 303 g/mol. The molecule has 0 heterocycles. The maximum absolute atomic E-state index is 6.11. The first-order valence-corrected chi connectivity index (χ1v) is 6.34. The van der Waals surface area contributed by atoms with Crippen molar-refractivity contribution in [2.75, 3.05) is 12.4 Å². The van der Waals surface area contributed by atoms with Crippen molar-refractivity contribution in [1.29, 1.82) is 0 Å². The molecule has 5 heteroatoms. The molecule has 0 radical (unpaired) electrons. The minimum atomic E-state index is 0.441. The highest BCUT2D eigenvalue weighted by Crippen LogP contribution is 2.35. The van der Waals surface area contributed by atoms with Crippen molar-refractivity contribution in [3.8, 4) is 11.5 Å². The van der Waals surface area contributed by atoms with Crippen molar-refractivity contribution in [2.45, 2.75) is 0 Å². The summed E-state index contributed by atoms with van der Waals surface area (Å²) < 4.78 is 5.64. The third-order valence-electron chi connectivity index (χ3n) is 2.33. The fourth-order valence-corrected chi connectivity index (χ4v) is 2.08. The van der Waals surface area contributed by atoms with Gasteiger partial charge in [0.15, 0.2) is 0 Å². The highest BCUT2D eigenvalue weighted by Gasteiger charge is 2.07. The molecule has 0 saturated heterocycles. The third kappa shape index (κ3) is 3.02. The van der Waals surface area contributed by atoms with Gasteiger partial charge < -0.3 is 10.1 Å². The van der Waals surface area contributed by atoms with Crippen LogP contribution in [0.2, 0.25) is 15.1 Å². The summed E-state index contributed by atoms with van der Waals surface area (Å²) in [5, 5.41) is 4.50. The van der Waals surface area contributed by atoms with Crippen molar-refractivity contribution >= 4 is 40.5 Å². The van der Waals surface area contributed by atoms with Crippen LogP contribution in [0.5, 0.6) is 11.5 Å². The zero-order chi connectivity index (χ0) is 13.1. The van der Waals surface area contributed by atoms with Gasteiger partial charge in [-0.05, 0) is 36.4 Å². The largest absolute Gasteiger partial charge is 0.454 e. The first kappa shape index (κ1) is 13.3. The van der Waals surface area contributed by atoms with Gasteiger partial charge in [0, 0.05) is 17.8 Å². The first-order chi connectivity index (χ1) is 8.60. The van der Waals surface area contributed by atoms with Gasteiger partial charge in [-0.1, -0.05) is 34.8 Å². The van der Waals surface area contributed by atoms with Crippen molar-refractivity contribution in [2.24, 2.45) is 0 Å². The maximum atomic E-state index is 6.11. The topological polar surface area (TPSA) is 21.3 Å². The van der Waals surface area contributed by atoms with Gasteiger partial charge in [-0.2, -0.15) is 0 Å². The Kier molecular flexibility index (Phi) is 4.23. The molecule has 0 spiro atoms. The predicted molar refractivity (Wildman–Crippen MR) is 77.5 cm³/mol. The first-order valence-electron chi connectivity index (χ1n) is 5.20. The maximum Gasteiger partial charge on any atom is 0.146 e. The molecule has 0 amide bonds. The van der Waals surface area contributed by atoms with Crippen molar-refractivity contribution in [1.82, 2.24) is 0 Å². The molecule has 2 aromatic rings. The molecular weight excluding hydrogens is 293 g/mol. The minimum absolute atomic E-state index is 0.441. The fourth-order valence-electron chi connectivity index (χ4n) is 1.42. The van der Waals surface area contributed by atoms with E-state index in [0.29, 0.717) is 26.6 Å². The van der Waals surface area contributed by atoms with E-state index in [9.17, 15) is 0 Å². The zero-order valence-electron chi connectivity index (χ0n) is 9.51. The summed E-state index contributed by atoms with van der Waals surface area (Å²) in [7, 11) is 1.82. The molecule has 1 N–H and O–H groups in total. The molecule has 18 heavy (non-hydrogen) atoms. The number of anilines is 1. The molecule has 94 valence electrons. The Morgan fingerprint density at radius 3 is 2.06 bits per heavy atom. The number of hydrogen-bond donors (Lipinski definition) is 1. The molecule has 0 saturated carbocycles. The van der Waals surface area contributed by atoms with E-state index in [4.69, 9.17) is 39.5 Å². The molecule has 0 atom stereocenters. The van der Waals surface area contributed by atoms with E-state index in [1.807, 2.05) is 13.1 Å². The van der Waals surface area contributed by atoms with Crippen molar-refractivity contribution in [3.05, 3.63) is 51.5 Å². The van der Waals surface area contributed by atoms with Gasteiger partial charge in [-0.25, -0.2) is 0 Å². The van der Waals surface area contributed by atoms with Crippen LogP contribution in [-0.4, -0.2) is 7.05 Å².